The van der Waals surface area contributed by atoms with Gasteiger partial charge in [0.05, 0.1) is 30.5 Å². The Balaban J connectivity index is 1.79. The first-order chi connectivity index (χ1) is 17.2. The Hall–Kier alpha value is 0.468. The van der Waals surface area contributed by atoms with Gasteiger partial charge in [-0.3, -0.25) is 0 Å². The molecular weight excluding hydrogens is 537 g/mol. The molecule has 14 heteroatoms. The van der Waals surface area contributed by atoms with Crippen molar-refractivity contribution in [1.82, 2.24) is 0 Å². The lowest BCUT2D eigenvalue weighted by Gasteiger charge is -2.47. The van der Waals surface area contributed by atoms with Gasteiger partial charge in [-0.15, -0.1) is 0 Å². The number of hydrogen-bond acceptors (Lipinski definition) is 10. The number of fused-ring (bicyclic) bond motifs is 4. The molecule has 1 spiro atoms. The molecule has 0 amide bonds. The molecule has 4 aliphatic rings. The zero-order valence-electron chi connectivity index (χ0n) is 22.4. The van der Waals surface area contributed by atoms with Gasteiger partial charge in [0.25, 0.3) is 0 Å². The van der Waals surface area contributed by atoms with Gasteiger partial charge >= 0.3 is 27.1 Å². The van der Waals surface area contributed by atoms with E-state index in [0.29, 0.717) is 12.8 Å². The van der Waals surface area contributed by atoms with E-state index >= 15 is 0 Å². The number of unbranched alkanes of at least 4 members (excludes halogenated alkanes) is 1. The highest BCUT2D eigenvalue weighted by Crippen LogP contribution is 2.39. The van der Waals surface area contributed by atoms with Crippen molar-refractivity contribution < 1.29 is 43.7 Å². The summed E-state index contributed by atoms with van der Waals surface area (Å²) in [6, 6.07) is 0. The second kappa shape index (κ2) is 12.8. The van der Waals surface area contributed by atoms with Crippen LogP contribution in [-0.4, -0.2) is 78.3 Å². The Bertz CT molecular complexity index is 708. The minimum Gasteiger partial charge on any atom is -0.394 e. The molecule has 0 aromatic rings. The molecule has 0 saturated carbocycles. The minimum atomic E-state index is -4.20. The fraction of sp³-hybridized carbons (Fsp3) is 1.00. The Morgan fingerprint density at radius 1 is 0.806 bits per heavy atom. The lowest BCUT2D eigenvalue weighted by molar-refractivity contribution is -0.147. The molecule has 10 nitrogen and oxygen atoms in total. The van der Waals surface area contributed by atoms with E-state index in [-0.39, 0.29) is 46.4 Å². The van der Waals surface area contributed by atoms with E-state index in [9.17, 15) is 4.80 Å². The van der Waals surface area contributed by atoms with Gasteiger partial charge in [0, 0.05) is 6.10 Å². The predicted octanol–water partition coefficient (Wildman–Crippen LogP) is 3.74. The highest BCUT2D eigenvalue weighted by atomic mass is 28.5. The zero-order chi connectivity index (χ0) is 25.8. The summed E-state index contributed by atoms with van der Waals surface area (Å²) >= 11 is 0. The molecule has 5 bridgehead atoms. The zero-order valence-corrected chi connectivity index (χ0v) is 26.4. The van der Waals surface area contributed by atoms with Crippen molar-refractivity contribution in [2.45, 2.75) is 141 Å². The Kier molecular flexibility index (Phi) is 10.4. The average molecular weight is 581 g/mol. The van der Waals surface area contributed by atoms with Crippen molar-refractivity contribution >= 4 is 36.9 Å². The molecular formula is C22H44O10Si4. The van der Waals surface area contributed by atoms with Gasteiger partial charge in [-0.25, -0.2) is 0 Å². The Morgan fingerprint density at radius 2 is 1.47 bits per heavy atom. The number of rotatable bonds is 5. The topological polar surface area (TPSA) is 103 Å². The van der Waals surface area contributed by atoms with Gasteiger partial charge < -0.3 is 43.7 Å². The quantitative estimate of drug-likeness (QED) is 0.484. The van der Waals surface area contributed by atoms with Crippen molar-refractivity contribution in [2.24, 2.45) is 0 Å². The summed E-state index contributed by atoms with van der Waals surface area (Å²) in [4.78, 5) is 11.6. The van der Waals surface area contributed by atoms with Crippen LogP contribution in [0.1, 0.15) is 98.3 Å². The van der Waals surface area contributed by atoms with Crippen LogP contribution in [0.15, 0.2) is 0 Å². The minimum absolute atomic E-state index is 0.0645. The van der Waals surface area contributed by atoms with Crippen molar-refractivity contribution in [3.63, 3.8) is 0 Å². The summed E-state index contributed by atoms with van der Waals surface area (Å²) in [6.45, 7) is 9.92. The van der Waals surface area contributed by atoms with E-state index in [1.165, 1.54) is 0 Å². The van der Waals surface area contributed by atoms with E-state index in [1.807, 2.05) is 27.3 Å². The van der Waals surface area contributed by atoms with E-state index in [1.54, 1.807) is 0 Å². The lowest BCUT2D eigenvalue weighted by atomic mass is 10.0. The summed E-state index contributed by atoms with van der Waals surface area (Å²) in [5.74, 6) is 0. The Morgan fingerprint density at radius 3 is 2.19 bits per heavy atom. The van der Waals surface area contributed by atoms with Crippen LogP contribution < -0.4 is 0 Å². The number of hydrogen-bond donors (Lipinski definition) is 1. The van der Waals surface area contributed by atoms with Crippen LogP contribution in [0.3, 0.4) is 0 Å². The lowest BCUT2D eigenvalue weighted by Crippen LogP contribution is -2.72. The third-order valence-corrected chi connectivity index (χ3v) is 16.8. The first kappa shape index (κ1) is 29.5. The van der Waals surface area contributed by atoms with E-state index in [0.717, 1.165) is 57.8 Å². The third kappa shape index (κ3) is 7.77. The molecule has 4 fully saturated rings. The Labute approximate surface area is 222 Å². The molecule has 2 radical (unpaired) electrons. The molecule has 36 heavy (non-hydrogen) atoms. The maximum Gasteiger partial charge on any atom is 0.671 e. The molecule has 0 aromatic carbocycles. The fourth-order valence-corrected chi connectivity index (χ4v) is 15.8. The molecule has 4 rings (SSSR count). The molecule has 4 aliphatic heterocycles. The van der Waals surface area contributed by atoms with Crippen LogP contribution in [0.4, 0.5) is 0 Å². The second-order valence-corrected chi connectivity index (χ2v) is 17.8. The van der Waals surface area contributed by atoms with Gasteiger partial charge in [0.15, 0.2) is 0 Å². The van der Waals surface area contributed by atoms with Crippen LogP contribution in [0.2, 0.25) is 6.55 Å². The predicted molar refractivity (Wildman–Crippen MR) is 137 cm³/mol. The molecule has 4 heterocycles. The smallest absolute Gasteiger partial charge is 0.394 e. The van der Waals surface area contributed by atoms with E-state index in [2.05, 4.69) is 6.92 Å². The van der Waals surface area contributed by atoms with Gasteiger partial charge in [-0.1, -0.05) is 19.8 Å². The van der Waals surface area contributed by atoms with E-state index < -0.39 is 27.1 Å². The molecule has 1 N–H and O–H groups in total. The summed E-state index contributed by atoms with van der Waals surface area (Å²) < 4.78 is 58.0. The average Bonchev–Trinajstić information content (AvgIpc) is 2.74. The largest absolute Gasteiger partial charge is 0.671 e. The van der Waals surface area contributed by atoms with Gasteiger partial charge in [-0.05, 0) is 85.1 Å². The molecule has 0 aromatic heterocycles. The van der Waals surface area contributed by atoms with Crippen LogP contribution in [0.25, 0.3) is 0 Å². The standard InChI is InChI=1S/C22H44O10Si4/c1-6-7-11-20-13-9-14-21-12-8-10-17(2)24-34(23)25-18(3)15-22-16-19(4)26-35(27-20,30-33-5)32-36(28-21,29-22)31-34/h17-23H,6-16H2,1-5H3. The maximum absolute atomic E-state index is 11.6. The van der Waals surface area contributed by atoms with Crippen molar-refractivity contribution in [1.29, 1.82) is 0 Å². The monoisotopic (exact) mass is 580 g/mol. The third-order valence-electron chi connectivity index (χ3n) is 6.97. The first-order valence-corrected chi connectivity index (χ1v) is 20.0. The fourth-order valence-electron chi connectivity index (χ4n) is 5.42. The van der Waals surface area contributed by atoms with Gasteiger partial charge in [-0.2, -0.15) is 0 Å². The van der Waals surface area contributed by atoms with E-state index in [4.69, 9.17) is 38.9 Å². The summed E-state index contributed by atoms with van der Waals surface area (Å²) in [7, 11) is -12.1. The highest BCUT2D eigenvalue weighted by Gasteiger charge is 2.69. The van der Waals surface area contributed by atoms with Gasteiger partial charge in [0.2, 0.25) is 9.76 Å². The molecule has 0 aliphatic carbocycles. The first-order valence-electron chi connectivity index (χ1n) is 13.7. The summed E-state index contributed by atoms with van der Waals surface area (Å²) in [5, 5.41) is 0. The highest BCUT2D eigenvalue weighted by molar-refractivity contribution is 6.75. The molecule has 9 atom stereocenters. The van der Waals surface area contributed by atoms with Crippen molar-refractivity contribution in [3.05, 3.63) is 0 Å². The van der Waals surface area contributed by atoms with Gasteiger partial charge in [0.1, 0.15) is 0 Å². The molecule has 9 unspecified atom stereocenters. The van der Waals surface area contributed by atoms with Crippen LogP contribution in [-0.2, 0) is 38.9 Å². The van der Waals surface area contributed by atoms with Crippen LogP contribution in [0.5, 0.6) is 0 Å². The normalized spacial score (nSPS) is 46.8. The van der Waals surface area contributed by atoms with Crippen molar-refractivity contribution in [2.75, 3.05) is 0 Å². The molecule has 4 saturated heterocycles. The SMILES string of the molecule is CCCCC1CCCC2CCCC(C)O[Si]3(O)OC(C)CC4CC(C)O[Si](O[Si]C)(O1)O[Si](O2)(O4)O3. The second-order valence-electron chi connectivity index (χ2n) is 10.5. The van der Waals surface area contributed by atoms with Crippen LogP contribution >= 0.6 is 0 Å². The van der Waals surface area contributed by atoms with Crippen molar-refractivity contribution in [3.8, 4) is 0 Å². The van der Waals surface area contributed by atoms with Crippen LogP contribution in [0, 0.1) is 0 Å². The summed E-state index contributed by atoms with van der Waals surface area (Å²) in [5.41, 5.74) is 0. The summed E-state index contributed by atoms with van der Waals surface area (Å²) in [6.07, 6.45) is 7.94. The maximum atomic E-state index is 11.6. The molecule has 208 valence electrons.